The molecule has 2 atom stereocenters. The number of anilines is 1. The van der Waals surface area contributed by atoms with E-state index in [1.165, 1.54) is 0 Å². The van der Waals surface area contributed by atoms with Gasteiger partial charge in [0.25, 0.3) is 5.91 Å². The number of hydrogen-bond donors (Lipinski definition) is 1. The van der Waals surface area contributed by atoms with E-state index in [9.17, 15) is 4.79 Å². The first-order chi connectivity index (χ1) is 12.7. The number of ether oxygens (including phenoxy) is 2. The van der Waals surface area contributed by atoms with Crippen LogP contribution in [0.1, 0.15) is 40.5 Å². The maximum atomic E-state index is 13.2. The predicted octanol–water partition coefficient (Wildman–Crippen LogP) is 3.75. The number of benzene rings is 2. The van der Waals surface area contributed by atoms with Crippen LogP contribution in [0.4, 0.5) is 5.69 Å². The summed E-state index contributed by atoms with van der Waals surface area (Å²) in [5, 5.41) is 3.54. The van der Waals surface area contributed by atoms with Gasteiger partial charge in [0.05, 0.1) is 18.8 Å². The molecule has 0 unspecified atom stereocenters. The third kappa shape index (κ3) is 3.03. The highest BCUT2D eigenvalue weighted by Gasteiger charge is 2.35. The molecule has 136 valence electrons. The average Bonchev–Trinajstić information content (AvgIpc) is 3.17. The van der Waals surface area contributed by atoms with Crippen molar-refractivity contribution < 1.29 is 14.3 Å². The van der Waals surface area contributed by atoms with Crippen molar-refractivity contribution in [3.63, 3.8) is 0 Å². The smallest absolute Gasteiger partial charge is 0.257 e. The average molecular weight is 352 g/mol. The summed E-state index contributed by atoms with van der Waals surface area (Å²) in [4.78, 5) is 15.1. The summed E-state index contributed by atoms with van der Waals surface area (Å²) in [6.07, 6.45) is 1.95. The highest BCUT2D eigenvalue weighted by molar-refractivity contribution is 6.01. The van der Waals surface area contributed by atoms with E-state index in [0.29, 0.717) is 12.1 Å². The van der Waals surface area contributed by atoms with Gasteiger partial charge in [-0.3, -0.25) is 4.79 Å². The van der Waals surface area contributed by atoms with Gasteiger partial charge in [-0.15, -0.1) is 0 Å². The second-order valence-electron chi connectivity index (χ2n) is 6.91. The van der Waals surface area contributed by atoms with E-state index in [1.807, 2.05) is 48.2 Å². The Labute approximate surface area is 153 Å². The molecule has 0 aliphatic carbocycles. The molecule has 5 heteroatoms. The molecule has 1 saturated heterocycles. The molecule has 2 aliphatic rings. The maximum absolute atomic E-state index is 13.2. The lowest BCUT2D eigenvalue weighted by Crippen LogP contribution is -2.46. The number of nitrogens with one attached hydrogen (secondary N) is 1. The Morgan fingerprint density at radius 3 is 2.85 bits per heavy atom. The van der Waals surface area contributed by atoms with E-state index in [0.717, 1.165) is 42.0 Å². The second-order valence-corrected chi connectivity index (χ2v) is 6.91. The first kappa shape index (κ1) is 16.9. The van der Waals surface area contributed by atoms with Gasteiger partial charge in [-0.25, -0.2) is 0 Å². The summed E-state index contributed by atoms with van der Waals surface area (Å²) in [5.74, 6) is 0.898. The first-order valence-electron chi connectivity index (χ1n) is 9.10. The largest absolute Gasteiger partial charge is 0.496 e. The van der Waals surface area contributed by atoms with Crippen LogP contribution in [0.5, 0.6) is 5.75 Å². The number of amides is 1. The highest BCUT2D eigenvalue weighted by atomic mass is 16.5. The normalized spacial score (nSPS) is 22.1. The van der Waals surface area contributed by atoms with Crippen LogP contribution in [0.15, 0.2) is 42.5 Å². The van der Waals surface area contributed by atoms with Gasteiger partial charge in [-0.05, 0) is 55.2 Å². The Morgan fingerprint density at radius 1 is 1.27 bits per heavy atom. The summed E-state index contributed by atoms with van der Waals surface area (Å²) in [6.45, 7) is 3.39. The molecule has 0 aromatic heterocycles. The quantitative estimate of drug-likeness (QED) is 0.910. The fourth-order valence-corrected chi connectivity index (χ4v) is 3.82. The van der Waals surface area contributed by atoms with Crippen LogP contribution in [0.25, 0.3) is 0 Å². The Hall–Kier alpha value is -2.53. The molecule has 1 N–H and O–H groups in total. The van der Waals surface area contributed by atoms with Gasteiger partial charge in [0.1, 0.15) is 11.9 Å². The number of carbonyl (C=O) groups excluding carboxylic acids is 1. The zero-order valence-corrected chi connectivity index (χ0v) is 15.2. The molecule has 1 amide bonds. The van der Waals surface area contributed by atoms with Crippen LogP contribution in [-0.4, -0.2) is 37.2 Å². The fourth-order valence-electron chi connectivity index (χ4n) is 3.82. The van der Waals surface area contributed by atoms with Crippen LogP contribution >= 0.6 is 0 Å². The molecule has 0 spiro atoms. The number of rotatable bonds is 4. The monoisotopic (exact) mass is 352 g/mol. The van der Waals surface area contributed by atoms with E-state index in [1.54, 1.807) is 7.11 Å². The maximum Gasteiger partial charge on any atom is 0.257 e. The molecule has 0 saturated carbocycles. The molecule has 5 nitrogen and oxygen atoms in total. The minimum absolute atomic E-state index is 0.0494. The molecule has 2 aliphatic heterocycles. The van der Waals surface area contributed by atoms with E-state index in [2.05, 4.69) is 11.4 Å². The van der Waals surface area contributed by atoms with Gasteiger partial charge in [0.2, 0.25) is 0 Å². The lowest BCUT2D eigenvalue weighted by Gasteiger charge is -2.39. The van der Waals surface area contributed by atoms with Crippen LogP contribution in [0.3, 0.4) is 0 Å². The third-order valence-electron chi connectivity index (χ3n) is 5.18. The SMILES string of the molecule is COc1ccc([C@H]2Nc3ccccc3C(=O)N2C[C@H]2CCCO2)cc1C. The van der Waals surface area contributed by atoms with E-state index in [4.69, 9.17) is 9.47 Å². The molecule has 0 radical (unpaired) electrons. The lowest BCUT2D eigenvalue weighted by molar-refractivity contribution is 0.0427. The molecule has 2 aromatic carbocycles. The number of nitrogens with zero attached hydrogens (tertiary/aromatic N) is 1. The molecular formula is C21H24N2O3. The van der Waals surface area contributed by atoms with Crippen LogP contribution in [0, 0.1) is 6.92 Å². The van der Waals surface area contributed by atoms with Crippen molar-refractivity contribution in [1.29, 1.82) is 0 Å². The Balaban J connectivity index is 1.71. The van der Waals surface area contributed by atoms with Gasteiger partial charge in [0.15, 0.2) is 0 Å². The van der Waals surface area contributed by atoms with Crippen LogP contribution in [0.2, 0.25) is 0 Å². The highest BCUT2D eigenvalue weighted by Crippen LogP contribution is 2.35. The summed E-state index contributed by atoms with van der Waals surface area (Å²) in [6, 6.07) is 13.8. The number of fused-ring (bicyclic) bond motifs is 1. The third-order valence-corrected chi connectivity index (χ3v) is 5.18. The summed E-state index contributed by atoms with van der Waals surface area (Å²) >= 11 is 0. The van der Waals surface area contributed by atoms with Gasteiger partial charge in [-0.1, -0.05) is 18.2 Å². The van der Waals surface area contributed by atoms with E-state index >= 15 is 0 Å². The molecular weight excluding hydrogens is 328 g/mol. The van der Waals surface area contributed by atoms with E-state index < -0.39 is 0 Å². The predicted molar refractivity (Wildman–Crippen MR) is 101 cm³/mol. The van der Waals surface area contributed by atoms with Crippen molar-refractivity contribution in [3.05, 3.63) is 59.2 Å². The Kier molecular flexibility index (Phi) is 4.55. The van der Waals surface area contributed by atoms with E-state index in [-0.39, 0.29) is 18.2 Å². The van der Waals surface area contributed by atoms with Crippen molar-refractivity contribution in [2.45, 2.75) is 32.0 Å². The minimum Gasteiger partial charge on any atom is -0.496 e. The number of carbonyl (C=O) groups is 1. The number of para-hydroxylation sites is 1. The summed E-state index contributed by atoms with van der Waals surface area (Å²) in [7, 11) is 1.67. The molecule has 1 fully saturated rings. The summed E-state index contributed by atoms with van der Waals surface area (Å²) < 4.78 is 11.2. The van der Waals surface area contributed by atoms with Crippen molar-refractivity contribution in [3.8, 4) is 5.75 Å². The van der Waals surface area contributed by atoms with Crippen molar-refractivity contribution in [2.75, 3.05) is 25.6 Å². The van der Waals surface area contributed by atoms with Crippen molar-refractivity contribution in [2.24, 2.45) is 0 Å². The zero-order valence-electron chi connectivity index (χ0n) is 15.2. The van der Waals surface area contributed by atoms with Crippen molar-refractivity contribution in [1.82, 2.24) is 4.90 Å². The molecule has 2 aromatic rings. The fraction of sp³-hybridized carbons (Fsp3) is 0.381. The van der Waals surface area contributed by atoms with Gasteiger partial charge < -0.3 is 19.7 Å². The molecule has 2 heterocycles. The second kappa shape index (κ2) is 7.00. The lowest BCUT2D eigenvalue weighted by atomic mass is 10.0. The number of hydrogen-bond acceptors (Lipinski definition) is 4. The van der Waals surface area contributed by atoms with Crippen LogP contribution < -0.4 is 10.1 Å². The summed E-state index contributed by atoms with van der Waals surface area (Å²) in [5.41, 5.74) is 3.69. The van der Waals surface area contributed by atoms with Gasteiger partial charge >= 0.3 is 0 Å². The topological polar surface area (TPSA) is 50.8 Å². The Morgan fingerprint density at radius 2 is 2.12 bits per heavy atom. The van der Waals surface area contributed by atoms with Crippen LogP contribution in [-0.2, 0) is 4.74 Å². The number of aryl methyl sites for hydroxylation is 1. The first-order valence-corrected chi connectivity index (χ1v) is 9.10. The standard InChI is InChI=1S/C21H24N2O3/c1-14-12-15(9-10-19(14)25-2)20-22-18-8-4-3-7-17(18)21(24)23(20)13-16-6-5-11-26-16/h3-4,7-10,12,16,20,22H,5-6,11,13H2,1-2H3/t16-,20+/m1/s1. The van der Waals surface area contributed by atoms with Gasteiger partial charge in [-0.2, -0.15) is 0 Å². The molecule has 26 heavy (non-hydrogen) atoms. The number of methoxy groups -OCH3 is 1. The zero-order chi connectivity index (χ0) is 18.1. The van der Waals surface area contributed by atoms with Crippen molar-refractivity contribution >= 4 is 11.6 Å². The molecule has 4 rings (SSSR count). The Bertz CT molecular complexity index is 815. The minimum atomic E-state index is -0.216. The van der Waals surface area contributed by atoms with Gasteiger partial charge in [0, 0.05) is 18.8 Å². The molecule has 0 bridgehead atoms.